The number of allylic oxidation sites excluding steroid dienone is 1. The third-order valence-electron chi connectivity index (χ3n) is 7.24. The summed E-state index contributed by atoms with van der Waals surface area (Å²) in [5.74, 6) is 1.78. The summed E-state index contributed by atoms with van der Waals surface area (Å²) in [5.41, 5.74) is 4.71. The summed E-state index contributed by atoms with van der Waals surface area (Å²) in [6.07, 6.45) is 4.12. The van der Waals surface area contributed by atoms with Crippen molar-refractivity contribution in [3.63, 3.8) is 0 Å². The van der Waals surface area contributed by atoms with Crippen LogP contribution in [0.25, 0.3) is 72.1 Å². The molecule has 0 saturated heterocycles. The van der Waals surface area contributed by atoms with Crippen LogP contribution >= 0.6 is 11.3 Å². The minimum Gasteiger partial charge on any atom is -0.236 e. The highest BCUT2D eigenvalue weighted by Crippen LogP contribution is 2.36. The molecular formula is C37H26N4S. The van der Waals surface area contributed by atoms with E-state index in [1.54, 1.807) is 11.3 Å². The number of rotatable bonds is 5. The van der Waals surface area contributed by atoms with Gasteiger partial charge in [0.1, 0.15) is 5.01 Å². The largest absolute Gasteiger partial charge is 0.236 e. The summed E-state index contributed by atoms with van der Waals surface area (Å²) >= 11 is 1.72. The fourth-order valence-electron chi connectivity index (χ4n) is 5.08. The van der Waals surface area contributed by atoms with E-state index >= 15 is 0 Å². The number of hydrogen-bond donors (Lipinski definition) is 0. The second-order valence-electron chi connectivity index (χ2n) is 9.99. The van der Waals surface area contributed by atoms with Gasteiger partial charge in [0.15, 0.2) is 17.5 Å². The summed E-state index contributed by atoms with van der Waals surface area (Å²) in [4.78, 5) is 19.6. The summed E-state index contributed by atoms with van der Waals surface area (Å²) in [6, 6.07) is 39.2. The van der Waals surface area contributed by atoms with Crippen LogP contribution in [-0.4, -0.2) is 19.9 Å². The quantitative estimate of drug-likeness (QED) is 0.215. The molecule has 7 aromatic rings. The van der Waals surface area contributed by atoms with Crippen molar-refractivity contribution >= 4 is 50.1 Å². The maximum absolute atomic E-state index is 4.92. The van der Waals surface area contributed by atoms with E-state index in [0.29, 0.717) is 17.5 Å². The smallest absolute Gasteiger partial charge is 0.164 e. The molecule has 0 unspecified atom stereocenters. The first-order valence-electron chi connectivity index (χ1n) is 13.8. The molecule has 0 fully saturated rings. The van der Waals surface area contributed by atoms with Crippen molar-refractivity contribution < 1.29 is 0 Å². The summed E-state index contributed by atoms with van der Waals surface area (Å²) in [5, 5.41) is 5.51. The van der Waals surface area contributed by atoms with Crippen molar-refractivity contribution in [2.75, 3.05) is 0 Å². The lowest BCUT2D eigenvalue weighted by molar-refractivity contribution is 1.04. The molecule has 5 aromatic carbocycles. The highest BCUT2D eigenvalue weighted by Gasteiger charge is 2.14. The Morgan fingerprint density at radius 3 is 2.05 bits per heavy atom. The van der Waals surface area contributed by atoms with E-state index in [1.807, 2.05) is 73.7 Å². The lowest BCUT2D eigenvalue weighted by Crippen LogP contribution is -2.23. The van der Waals surface area contributed by atoms with Crippen LogP contribution in [0, 0.1) is 0 Å². The zero-order chi connectivity index (χ0) is 28.5. The van der Waals surface area contributed by atoms with Gasteiger partial charge in [0.05, 0.1) is 10.2 Å². The Kier molecular flexibility index (Phi) is 6.70. The molecule has 200 valence electrons. The van der Waals surface area contributed by atoms with Gasteiger partial charge in [-0.3, -0.25) is 0 Å². The molecular weight excluding hydrogens is 533 g/mol. The Labute approximate surface area is 247 Å². The molecule has 0 radical (unpaired) electrons. The highest BCUT2D eigenvalue weighted by molar-refractivity contribution is 7.22. The van der Waals surface area contributed by atoms with Gasteiger partial charge in [0.2, 0.25) is 0 Å². The molecule has 0 N–H and O–H groups in total. The molecule has 0 atom stereocenters. The maximum Gasteiger partial charge on any atom is 0.164 e. The molecule has 2 heterocycles. The zero-order valence-electron chi connectivity index (χ0n) is 23.0. The van der Waals surface area contributed by atoms with Gasteiger partial charge < -0.3 is 0 Å². The predicted octanol–water partition coefficient (Wildman–Crippen LogP) is 7.93. The van der Waals surface area contributed by atoms with Crippen LogP contribution in [0.3, 0.4) is 0 Å². The number of nitrogens with zero attached hydrogens (tertiary/aromatic N) is 4. The van der Waals surface area contributed by atoms with Gasteiger partial charge >= 0.3 is 0 Å². The van der Waals surface area contributed by atoms with Crippen molar-refractivity contribution in [2.24, 2.45) is 0 Å². The fraction of sp³-hybridized carbons (Fsp3) is 0.0270. The Balaban J connectivity index is 1.36. The zero-order valence-corrected chi connectivity index (χ0v) is 23.8. The van der Waals surface area contributed by atoms with Crippen molar-refractivity contribution in [1.29, 1.82) is 0 Å². The highest BCUT2D eigenvalue weighted by atomic mass is 32.1. The number of fused-ring (bicyclic) bond motifs is 3. The molecule has 7 rings (SSSR count). The lowest BCUT2D eigenvalue weighted by atomic mass is 10.1. The number of thiazole rings is 1. The minimum atomic E-state index is 0.551. The lowest BCUT2D eigenvalue weighted by Gasteiger charge is -2.09. The van der Waals surface area contributed by atoms with Gasteiger partial charge in [0.25, 0.3) is 0 Å². The van der Waals surface area contributed by atoms with E-state index in [4.69, 9.17) is 19.9 Å². The van der Waals surface area contributed by atoms with E-state index in [9.17, 15) is 0 Å². The third-order valence-corrected chi connectivity index (χ3v) is 8.39. The second-order valence-corrected chi connectivity index (χ2v) is 11.0. The topological polar surface area (TPSA) is 51.6 Å². The molecule has 0 aliphatic heterocycles. The number of benzene rings is 5. The standard InChI is InChI=1S/C37H26N4S/c1-3-25-12-10-11-17-28(25)22-24(2)34-39-35(26-13-6-4-7-14-26)41-36(40-34)30-18-20-31-29(23-30)19-21-32-33(31)42-37(38-32)27-15-8-5-9-16-27/h3-23H,2H2,1H3/b25-3-,28-22-. The van der Waals surface area contributed by atoms with E-state index < -0.39 is 0 Å². The molecule has 42 heavy (non-hydrogen) atoms. The van der Waals surface area contributed by atoms with Gasteiger partial charge in [-0.1, -0.05) is 116 Å². The maximum atomic E-state index is 4.92. The Bertz CT molecular complexity index is 2220. The van der Waals surface area contributed by atoms with Gasteiger partial charge in [-0.25, -0.2) is 19.9 Å². The SMILES string of the molecule is C=C(/C=c1/cccc/c1=C/C)c1nc(-c2ccccc2)nc(-c2ccc3c(ccc4nc(-c5ccccc5)sc43)c2)n1. The fourth-order valence-corrected chi connectivity index (χ4v) is 6.19. The van der Waals surface area contributed by atoms with Crippen LogP contribution < -0.4 is 10.4 Å². The summed E-state index contributed by atoms with van der Waals surface area (Å²) in [6.45, 7) is 6.38. The molecule has 0 amide bonds. The molecule has 0 saturated carbocycles. The van der Waals surface area contributed by atoms with Crippen LogP contribution in [0.4, 0.5) is 0 Å². The normalized spacial score (nSPS) is 12.3. The molecule has 0 bridgehead atoms. The van der Waals surface area contributed by atoms with Gasteiger partial charge in [-0.05, 0) is 41.0 Å². The van der Waals surface area contributed by atoms with E-state index in [-0.39, 0.29) is 0 Å². The van der Waals surface area contributed by atoms with Crippen LogP contribution in [0.1, 0.15) is 12.7 Å². The monoisotopic (exact) mass is 558 g/mol. The molecule has 0 aliphatic rings. The van der Waals surface area contributed by atoms with Gasteiger partial charge in [-0.15, -0.1) is 11.3 Å². The van der Waals surface area contributed by atoms with Crippen molar-refractivity contribution in [3.05, 3.63) is 138 Å². The molecule has 2 aromatic heterocycles. The van der Waals surface area contributed by atoms with Crippen LogP contribution in [0.5, 0.6) is 0 Å². The van der Waals surface area contributed by atoms with Crippen LogP contribution in [0.15, 0.2) is 122 Å². The van der Waals surface area contributed by atoms with Crippen LogP contribution in [0.2, 0.25) is 0 Å². The minimum absolute atomic E-state index is 0.551. The molecule has 5 heteroatoms. The first kappa shape index (κ1) is 25.7. The van der Waals surface area contributed by atoms with Gasteiger partial charge in [0, 0.05) is 27.6 Å². The van der Waals surface area contributed by atoms with E-state index in [2.05, 4.69) is 67.3 Å². The van der Waals surface area contributed by atoms with Gasteiger partial charge in [-0.2, -0.15) is 0 Å². The van der Waals surface area contributed by atoms with Crippen molar-refractivity contribution in [2.45, 2.75) is 6.92 Å². The van der Waals surface area contributed by atoms with E-state index in [0.717, 1.165) is 48.6 Å². The Morgan fingerprint density at radius 2 is 1.31 bits per heavy atom. The van der Waals surface area contributed by atoms with Crippen molar-refractivity contribution in [1.82, 2.24) is 19.9 Å². The average Bonchev–Trinajstić information content (AvgIpc) is 3.50. The molecule has 0 spiro atoms. The Morgan fingerprint density at radius 1 is 0.643 bits per heavy atom. The molecule has 4 nitrogen and oxygen atoms in total. The summed E-state index contributed by atoms with van der Waals surface area (Å²) < 4.78 is 1.17. The van der Waals surface area contributed by atoms with Crippen LogP contribution in [-0.2, 0) is 0 Å². The van der Waals surface area contributed by atoms with E-state index in [1.165, 1.54) is 10.1 Å². The first-order chi connectivity index (χ1) is 20.7. The number of aromatic nitrogens is 4. The average molecular weight is 559 g/mol. The Hall–Kier alpha value is -5.26. The van der Waals surface area contributed by atoms with Crippen molar-refractivity contribution in [3.8, 4) is 33.3 Å². The third kappa shape index (κ3) is 4.91. The molecule has 0 aliphatic carbocycles. The summed E-state index contributed by atoms with van der Waals surface area (Å²) in [7, 11) is 0. The second kappa shape index (κ2) is 11.0. The first-order valence-corrected chi connectivity index (χ1v) is 14.6. The number of hydrogen-bond acceptors (Lipinski definition) is 5. The predicted molar refractivity (Wildman–Crippen MR) is 176 cm³/mol.